The average Bonchev–Trinajstić information content (AvgIpc) is 3.21. The molecule has 10 heteroatoms. The molecule has 0 amide bonds. The Morgan fingerprint density at radius 3 is 2.53 bits per heavy atom. The number of nitriles is 1. The fraction of sp³-hybridized carbons (Fsp3) is 0.227. The van der Waals surface area contributed by atoms with Crippen LogP contribution in [0.5, 0.6) is 0 Å². The summed E-state index contributed by atoms with van der Waals surface area (Å²) in [7, 11) is -2.82. The molecule has 0 bridgehead atoms. The number of ether oxygens (including phenoxy) is 1. The van der Waals surface area contributed by atoms with Crippen molar-refractivity contribution in [1.29, 1.82) is 5.26 Å². The number of hydrogen-bond donors (Lipinski definition) is 0. The fourth-order valence-electron chi connectivity index (χ4n) is 3.69. The van der Waals surface area contributed by atoms with Crippen molar-refractivity contribution in [2.75, 3.05) is 7.11 Å². The quantitative estimate of drug-likeness (QED) is 0.531. The topological polar surface area (TPSA) is 105 Å². The van der Waals surface area contributed by atoms with Crippen molar-refractivity contribution in [3.63, 3.8) is 0 Å². The molecule has 0 fully saturated rings. The summed E-state index contributed by atoms with van der Waals surface area (Å²) in [5.74, 6) is -0.653. The van der Waals surface area contributed by atoms with Crippen LogP contribution in [0.4, 0.5) is 0 Å². The zero-order chi connectivity index (χ0) is 22.9. The van der Waals surface area contributed by atoms with Gasteiger partial charge in [0, 0.05) is 18.0 Å². The molecule has 0 aliphatic carbocycles. The summed E-state index contributed by atoms with van der Waals surface area (Å²) in [5, 5.41) is 9.62. The first kappa shape index (κ1) is 22.0. The van der Waals surface area contributed by atoms with E-state index in [9.17, 15) is 13.2 Å². The minimum absolute atomic E-state index is 0.00220. The SMILES string of the molecule is COC(=O)[C@@H]1Cc2ncn(Cc3ccc(Cl)cc3)c2CN1S(=O)(=O)c1ccc(C#N)cc1. The van der Waals surface area contributed by atoms with Gasteiger partial charge in [0.1, 0.15) is 6.04 Å². The standard InChI is InChI=1S/C22H19ClN4O4S/c1-31-22(28)20-10-19-21(26(14-25-19)12-16-2-6-17(23)7-3-16)13-27(20)32(29,30)18-8-4-15(11-24)5-9-18/h2-9,14,20H,10,12-13H2,1H3/t20-/m0/s1. The van der Waals surface area contributed by atoms with Crippen molar-refractivity contribution in [2.45, 2.75) is 30.4 Å². The number of carbonyl (C=O) groups excluding carboxylic acids is 1. The second-order valence-corrected chi connectivity index (χ2v) is 9.65. The number of methoxy groups -OCH3 is 1. The summed E-state index contributed by atoms with van der Waals surface area (Å²) in [6.07, 6.45) is 1.75. The second-order valence-electron chi connectivity index (χ2n) is 7.32. The van der Waals surface area contributed by atoms with Crippen molar-refractivity contribution in [3.05, 3.63) is 82.4 Å². The first-order chi connectivity index (χ1) is 15.3. The predicted molar refractivity (Wildman–Crippen MR) is 116 cm³/mol. The zero-order valence-corrected chi connectivity index (χ0v) is 18.7. The third-order valence-corrected chi connectivity index (χ3v) is 7.52. The molecule has 0 radical (unpaired) electrons. The van der Waals surface area contributed by atoms with Gasteiger partial charge in [-0.1, -0.05) is 23.7 Å². The molecule has 8 nitrogen and oxygen atoms in total. The average molecular weight is 471 g/mol. The number of esters is 1. The van der Waals surface area contributed by atoms with Crippen molar-refractivity contribution in [1.82, 2.24) is 13.9 Å². The van der Waals surface area contributed by atoms with E-state index in [1.54, 1.807) is 18.5 Å². The van der Waals surface area contributed by atoms with E-state index < -0.39 is 22.0 Å². The molecule has 1 aliphatic heterocycles. The molecule has 0 saturated carbocycles. The lowest BCUT2D eigenvalue weighted by Gasteiger charge is -2.33. The Morgan fingerprint density at radius 2 is 1.91 bits per heavy atom. The van der Waals surface area contributed by atoms with Crippen LogP contribution in [-0.2, 0) is 39.1 Å². The van der Waals surface area contributed by atoms with Crippen LogP contribution < -0.4 is 0 Å². The van der Waals surface area contributed by atoms with Gasteiger partial charge >= 0.3 is 5.97 Å². The molecule has 0 spiro atoms. The Balaban J connectivity index is 1.71. The third-order valence-electron chi connectivity index (χ3n) is 5.40. The van der Waals surface area contributed by atoms with E-state index in [0.29, 0.717) is 28.5 Å². The number of halogens is 1. The highest BCUT2D eigenvalue weighted by molar-refractivity contribution is 7.89. The number of nitrogens with zero attached hydrogens (tertiary/aromatic N) is 4. The maximum Gasteiger partial charge on any atom is 0.324 e. The van der Waals surface area contributed by atoms with Gasteiger partial charge in [-0.15, -0.1) is 0 Å². The van der Waals surface area contributed by atoms with Crippen LogP contribution in [0.25, 0.3) is 0 Å². The maximum absolute atomic E-state index is 13.4. The Morgan fingerprint density at radius 1 is 1.22 bits per heavy atom. The van der Waals surface area contributed by atoms with Crippen molar-refractivity contribution >= 4 is 27.6 Å². The summed E-state index contributed by atoms with van der Waals surface area (Å²) in [6.45, 7) is 0.443. The van der Waals surface area contributed by atoms with Gasteiger partial charge < -0.3 is 9.30 Å². The van der Waals surface area contributed by atoms with Crippen LogP contribution in [0.1, 0.15) is 22.5 Å². The minimum Gasteiger partial charge on any atom is -0.468 e. The van der Waals surface area contributed by atoms with Crippen molar-refractivity contribution in [2.24, 2.45) is 0 Å². The van der Waals surface area contributed by atoms with Crippen LogP contribution >= 0.6 is 11.6 Å². The molecule has 164 valence electrons. The summed E-state index contributed by atoms with van der Waals surface area (Å²) < 4.78 is 34.8. The normalized spacial score (nSPS) is 16.2. The Bertz CT molecular complexity index is 1300. The van der Waals surface area contributed by atoms with Gasteiger partial charge in [-0.3, -0.25) is 4.79 Å². The van der Waals surface area contributed by atoms with Gasteiger partial charge in [-0.2, -0.15) is 9.57 Å². The number of fused-ring (bicyclic) bond motifs is 1. The molecule has 32 heavy (non-hydrogen) atoms. The van der Waals surface area contributed by atoms with E-state index >= 15 is 0 Å². The summed E-state index contributed by atoms with van der Waals surface area (Å²) in [6, 6.07) is 13.9. The number of aromatic nitrogens is 2. The van der Waals surface area contributed by atoms with Gasteiger partial charge in [-0.05, 0) is 42.0 Å². The number of carbonyl (C=O) groups is 1. The molecule has 1 aliphatic rings. The van der Waals surface area contributed by atoms with Crippen LogP contribution in [0.2, 0.25) is 5.02 Å². The van der Waals surface area contributed by atoms with Crippen molar-refractivity contribution < 1.29 is 17.9 Å². The van der Waals surface area contributed by atoms with E-state index in [0.717, 1.165) is 9.87 Å². The van der Waals surface area contributed by atoms with Gasteiger partial charge in [0.05, 0.1) is 47.9 Å². The van der Waals surface area contributed by atoms with E-state index in [-0.39, 0.29) is 17.9 Å². The first-order valence-electron chi connectivity index (χ1n) is 9.70. The Labute approximate surface area is 190 Å². The summed E-state index contributed by atoms with van der Waals surface area (Å²) in [5.41, 5.74) is 2.68. The molecular weight excluding hydrogens is 452 g/mol. The summed E-state index contributed by atoms with van der Waals surface area (Å²) in [4.78, 5) is 16.9. The number of sulfonamides is 1. The maximum atomic E-state index is 13.4. The van der Waals surface area contributed by atoms with E-state index in [1.165, 1.54) is 31.4 Å². The number of benzene rings is 2. The zero-order valence-electron chi connectivity index (χ0n) is 17.1. The monoisotopic (exact) mass is 470 g/mol. The highest BCUT2D eigenvalue weighted by atomic mass is 35.5. The van der Waals surface area contributed by atoms with Crippen molar-refractivity contribution in [3.8, 4) is 6.07 Å². The van der Waals surface area contributed by atoms with E-state index in [2.05, 4.69) is 4.98 Å². The molecule has 2 aromatic carbocycles. The second kappa shape index (κ2) is 8.74. The molecule has 0 N–H and O–H groups in total. The Kier molecular flexibility index (Phi) is 6.02. The number of hydrogen-bond acceptors (Lipinski definition) is 6. The molecule has 4 rings (SSSR count). The van der Waals surface area contributed by atoms with Gasteiger partial charge in [0.2, 0.25) is 10.0 Å². The molecular formula is C22H19ClN4O4S. The molecule has 0 saturated heterocycles. The van der Waals surface area contributed by atoms with Crippen LogP contribution in [0.3, 0.4) is 0 Å². The van der Waals surface area contributed by atoms with Crippen LogP contribution in [-0.4, -0.2) is 41.4 Å². The van der Waals surface area contributed by atoms with E-state index in [1.807, 2.05) is 22.8 Å². The largest absolute Gasteiger partial charge is 0.468 e. The molecule has 1 atom stereocenters. The summed E-state index contributed by atoms with van der Waals surface area (Å²) >= 11 is 5.96. The highest BCUT2D eigenvalue weighted by Gasteiger charge is 2.42. The predicted octanol–water partition coefficient (Wildman–Crippen LogP) is 2.75. The lowest BCUT2D eigenvalue weighted by Crippen LogP contribution is -2.49. The molecule has 1 aromatic heterocycles. The third kappa shape index (κ3) is 4.12. The van der Waals surface area contributed by atoms with E-state index in [4.69, 9.17) is 21.6 Å². The lowest BCUT2D eigenvalue weighted by molar-refractivity contribution is -0.145. The molecule has 3 aromatic rings. The number of imidazole rings is 1. The lowest BCUT2D eigenvalue weighted by atomic mass is 10.1. The van der Waals surface area contributed by atoms with Crippen LogP contribution in [0.15, 0.2) is 59.8 Å². The van der Waals surface area contributed by atoms with Gasteiger partial charge in [-0.25, -0.2) is 13.4 Å². The molecule has 2 heterocycles. The first-order valence-corrected chi connectivity index (χ1v) is 11.5. The number of rotatable bonds is 5. The van der Waals surface area contributed by atoms with Gasteiger partial charge in [0.25, 0.3) is 0 Å². The smallest absolute Gasteiger partial charge is 0.324 e. The van der Waals surface area contributed by atoms with Crippen LogP contribution in [0, 0.1) is 11.3 Å². The highest BCUT2D eigenvalue weighted by Crippen LogP contribution is 2.30. The minimum atomic E-state index is -4.04. The Hall–Kier alpha value is -3.19. The molecule has 0 unspecified atom stereocenters. The fourth-order valence-corrected chi connectivity index (χ4v) is 5.36. The van der Waals surface area contributed by atoms with Gasteiger partial charge in [0.15, 0.2) is 0 Å².